The molecule has 6 nitrogen and oxygen atoms in total. The Morgan fingerprint density at radius 3 is 2.53 bits per heavy atom. The largest absolute Gasteiger partial charge is 0.504 e. The van der Waals surface area contributed by atoms with E-state index >= 15 is 0 Å². The molecular weight excluding hydrogens is 248 g/mol. The van der Waals surface area contributed by atoms with Crippen LogP contribution in [-0.4, -0.2) is 10.3 Å². The molecule has 0 radical (unpaired) electrons. The van der Waals surface area contributed by atoms with Crippen molar-refractivity contribution in [3.05, 3.63) is 30.9 Å². The first-order valence-corrected chi connectivity index (χ1v) is 5.57. The second-order valence-corrected chi connectivity index (χ2v) is 4.15. The van der Waals surface area contributed by atoms with Crippen molar-refractivity contribution < 1.29 is 18.5 Å². The summed E-state index contributed by atoms with van der Waals surface area (Å²) in [6.45, 7) is 0. The second-order valence-electron chi connectivity index (χ2n) is 4.15. The maximum atomic E-state index is 10.2. The van der Waals surface area contributed by atoms with Gasteiger partial charge < -0.3 is 24.2 Å². The zero-order valence-corrected chi connectivity index (χ0v) is 9.58. The predicted octanol–water partition coefficient (Wildman–Crippen LogP) is 3.12. The quantitative estimate of drug-likeness (QED) is 0.542. The van der Waals surface area contributed by atoms with Crippen LogP contribution in [0.5, 0.6) is 5.75 Å². The lowest BCUT2D eigenvalue weighted by Gasteiger charge is -2.04. The molecule has 1 aromatic carbocycles. The summed E-state index contributed by atoms with van der Waals surface area (Å²) in [4.78, 5) is 0. The molecule has 3 N–H and O–H groups in total. The van der Waals surface area contributed by atoms with Crippen LogP contribution in [0.4, 0.5) is 5.88 Å². The van der Waals surface area contributed by atoms with Crippen molar-refractivity contribution in [2.75, 3.05) is 5.73 Å². The Bertz CT molecular complexity index is 848. The topological polar surface area (TPSA) is 98.6 Å². The average molecular weight is 256 g/mol. The summed E-state index contributed by atoms with van der Waals surface area (Å²) in [5, 5.41) is 15.1. The molecule has 0 aliphatic carbocycles. The van der Waals surface area contributed by atoms with Gasteiger partial charge in [0.15, 0.2) is 11.3 Å². The Hall–Kier alpha value is -2.89. The van der Waals surface area contributed by atoms with Crippen molar-refractivity contribution in [2.45, 2.75) is 0 Å². The van der Waals surface area contributed by atoms with Crippen LogP contribution in [0.25, 0.3) is 33.1 Å². The Morgan fingerprint density at radius 1 is 1.05 bits per heavy atom. The van der Waals surface area contributed by atoms with E-state index in [2.05, 4.69) is 5.16 Å². The molecule has 0 aliphatic rings. The van der Waals surface area contributed by atoms with Crippen LogP contribution in [-0.2, 0) is 0 Å². The highest BCUT2D eigenvalue weighted by molar-refractivity contribution is 6.14. The molecular formula is C13H8N2O4. The van der Waals surface area contributed by atoms with Crippen LogP contribution in [0.2, 0.25) is 0 Å². The fourth-order valence-electron chi connectivity index (χ4n) is 2.33. The van der Waals surface area contributed by atoms with Crippen molar-refractivity contribution in [1.82, 2.24) is 5.16 Å². The van der Waals surface area contributed by atoms with E-state index in [4.69, 9.17) is 19.1 Å². The van der Waals surface area contributed by atoms with E-state index in [1.165, 1.54) is 18.7 Å². The van der Waals surface area contributed by atoms with Crippen LogP contribution in [0.1, 0.15) is 0 Å². The Kier molecular flexibility index (Phi) is 1.76. The minimum Gasteiger partial charge on any atom is -0.504 e. The molecule has 19 heavy (non-hydrogen) atoms. The van der Waals surface area contributed by atoms with Crippen molar-refractivity contribution in [2.24, 2.45) is 0 Å². The number of aromatic hydroxyl groups is 1. The Balaban J connectivity index is 2.29. The van der Waals surface area contributed by atoms with Crippen LogP contribution in [0, 0.1) is 0 Å². The van der Waals surface area contributed by atoms with E-state index in [-0.39, 0.29) is 11.6 Å². The average Bonchev–Trinajstić information content (AvgIpc) is 3.10. The lowest BCUT2D eigenvalue weighted by molar-refractivity contribution is 0.436. The lowest BCUT2D eigenvalue weighted by Crippen LogP contribution is -1.86. The molecule has 0 fully saturated rings. The number of benzene rings is 1. The van der Waals surface area contributed by atoms with Crippen molar-refractivity contribution in [1.29, 1.82) is 0 Å². The summed E-state index contributed by atoms with van der Waals surface area (Å²) in [6, 6.07) is 3.40. The third kappa shape index (κ3) is 1.17. The molecule has 4 aromatic rings. The van der Waals surface area contributed by atoms with E-state index in [1.54, 1.807) is 12.1 Å². The van der Waals surface area contributed by atoms with E-state index in [0.717, 1.165) is 0 Å². The zero-order chi connectivity index (χ0) is 13.0. The highest BCUT2D eigenvalue weighted by Crippen LogP contribution is 2.44. The maximum Gasteiger partial charge on any atom is 0.230 e. The number of phenolic OH excluding ortho intramolecular Hbond substituents is 1. The number of nitrogens with two attached hydrogens (primary N) is 1. The molecule has 0 amide bonds. The highest BCUT2D eigenvalue weighted by atomic mass is 16.5. The molecule has 94 valence electrons. The molecule has 0 bridgehead atoms. The third-order valence-corrected chi connectivity index (χ3v) is 3.16. The smallest absolute Gasteiger partial charge is 0.230 e. The number of hydrogen-bond donors (Lipinski definition) is 2. The Labute approximate surface area is 106 Å². The van der Waals surface area contributed by atoms with E-state index in [1.807, 2.05) is 0 Å². The van der Waals surface area contributed by atoms with Gasteiger partial charge in [-0.15, -0.1) is 0 Å². The number of nitrogens with zero attached hydrogens (tertiary/aromatic N) is 1. The van der Waals surface area contributed by atoms with Gasteiger partial charge in [0.2, 0.25) is 5.88 Å². The van der Waals surface area contributed by atoms with Crippen molar-refractivity contribution in [3.63, 3.8) is 0 Å². The number of fused-ring (bicyclic) bond motifs is 2. The summed E-state index contributed by atoms with van der Waals surface area (Å²) in [5.41, 5.74) is 7.96. The third-order valence-electron chi connectivity index (χ3n) is 3.16. The minimum atomic E-state index is 0.0440. The first kappa shape index (κ1) is 10.1. The number of nitrogen functional groups attached to an aromatic ring is 1. The summed E-state index contributed by atoms with van der Waals surface area (Å²) in [7, 11) is 0. The zero-order valence-electron chi connectivity index (χ0n) is 9.58. The van der Waals surface area contributed by atoms with Gasteiger partial charge in [-0.2, -0.15) is 0 Å². The standard InChI is InChI=1S/C13H8N2O4/c14-13-8(5-15-19-13)9-6-1-3-18-12(6)10(16)7-2-4-17-11(7)9/h1-5,16H,14H2. The van der Waals surface area contributed by atoms with Crippen molar-refractivity contribution >= 4 is 27.8 Å². The number of furan rings is 2. The first-order chi connectivity index (χ1) is 9.27. The van der Waals surface area contributed by atoms with Crippen LogP contribution in [0.3, 0.4) is 0 Å². The van der Waals surface area contributed by atoms with Gasteiger partial charge in [0.1, 0.15) is 5.58 Å². The molecule has 3 heterocycles. The fraction of sp³-hybridized carbons (Fsp3) is 0. The number of phenols is 1. The van der Waals surface area contributed by atoms with E-state index in [0.29, 0.717) is 33.1 Å². The SMILES string of the molecule is Nc1oncc1-c1c2ccoc2c(O)c2ccoc12. The number of aromatic nitrogens is 1. The van der Waals surface area contributed by atoms with Gasteiger partial charge in [-0.1, -0.05) is 5.16 Å². The number of hydrogen-bond acceptors (Lipinski definition) is 6. The summed E-state index contributed by atoms with van der Waals surface area (Å²) < 4.78 is 15.7. The van der Waals surface area contributed by atoms with Gasteiger partial charge >= 0.3 is 0 Å². The normalized spacial score (nSPS) is 11.6. The molecule has 0 aliphatic heterocycles. The van der Waals surface area contributed by atoms with Crippen molar-refractivity contribution in [3.8, 4) is 16.9 Å². The molecule has 4 rings (SSSR count). The predicted molar refractivity (Wildman–Crippen MR) is 67.6 cm³/mol. The second kappa shape index (κ2) is 3.32. The maximum absolute atomic E-state index is 10.2. The highest BCUT2D eigenvalue weighted by Gasteiger charge is 2.22. The van der Waals surface area contributed by atoms with E-state index < -0.39 is 0 Å². The molecule has 0 unspecified atom stereocenters. The summed E-state index contributed by atoms with van der Waals surface area (Å²) in [6.07, 6.45) is 4.50. The van der Waals surface area contributed by atoms with E-state index in [9.17, 15) is 5.11 Å². The summed E-state index contributed by atoms with van der Waals surface area (Å²) >= 11 is 0. The van der Waals surface area contributed by atoms with Gasteiger partial charge in [0.05, 0.1) is 29.7 Å². The molecule has 0 spiro atoms. The first-order valence-electron chi connectivity index (χ1n) is 5.57. The van der Waals surface area contributed by atoms with Crippen LogP contribution >= 0.6 is 0 Å². The summed E-state index contributed by atoms with van der Waals surface area (Å²) in [5.74, 6) is 0.230. The molecule has 0 saturated heterocycles. The number of anilines is 1. The van der Waals surface area contributed by atoms with Crippen LogP contribution < -0.4 is 5.73 Å². The van der Waals surface area contributed by atoms with Gasteiger partial charge in [-0.25, -0.2) is 0 Å². The van der Waals surface area contributed by atoms with Gasteiger partial charge in [-0.3, -0.25) is 0 Å². The molecule has 0 atom stereocenters. The minimum absolute atomic E-state index is 0.0440. The number of rotatable bonds is 1. The Morgan fingerprint density at radius 2 is 1.79 bits per heavy atom. The fourth-order valence-corrected chi connectivity index (χ4v) is 2.33. The van der Waals surface area contributed by atoms with Crippen LogP contribution in [0.15, 0.2) is 44.2 Å². The van der Waals surface area contributed by atoms with Gasteiger partial charge in [0.25, 0.3) is 0 Å². The lowest BCUT2D eigenvalue weighted by atomic mass is 10.0. The van der Waals surface area contributed by atoms with Gasteiger partial charge in [-0.05, 0) is 12.1 Å². The van der Waals surface area contributed by atoms with Gasteiger partial charge in [0, 0.05) is 10.9 Å². The monoisotopic (exact) mass is 256 g/mol. The molecule has 6 heteroatoms. The molecule has 3 aromatic heterocycles. The molecule has 0 saturated carbocycles.